The van der Waals surface area contributed by atoms with Gasteiger partial charge in [-0.25, -0.2) is 4.98 Å². The van der Waals surface area contributed by atoms with Gasteiger partial charge in [-0.05, 0) is 101 Å². The molecule has 0 saturated heterocycles. The lowest BCUT2D eigenvalue weighted by Crippen LogP contribution is -2.11. The van der Waals surface area contributed by atoms with E-state index in [0.717, 1.165) is 61.0 Å². The van der Waals surface area contributed by atoms with Crippen molar-refractivity contribution in [1.82, 2.24) is 19.5 Å². The molecule has 5 aromatic carbocycles. The molecule has 1 N–H and O–H groups in total. The third-order valence-corrected chi connectivity index (χ3v) is 10.7. The molecule has 6 heteroatoms. The topological polar surface area (TPSA) is 77.0 Å². The lowest BCUT2D eigenvalue weighted by atomic mass is 9.83. The molecule has 9 aromatic rings. The van der Waals surface area contributed by atoms with Crippen molar-refractivity contribution in [1.29, 1.82) is 0 Å². The smallest absolute Gasteiger partial charge is 0.148 e. The summed E-state index contributed by atoms with van der Waals surface area (Å²) in [5.74, 6) is 0.851. The van der Waals surface area contributed by atoms with Crippen molar-refractivity contribution < 1.29 is 9.52 Å². The van der Waals surface area contributed by atoms with E-state index in [4.69, 9.17) is 19.4 Å². The van der Waals surface area contributed by atoms with E-state index in [1.165, 1.54) is 16.7 Å². The highest BCUT2D eigenvalue weighted by Crippen LogP contribution is 2.44. The van der Waals surface area contributed by atoms with Crippen LogP contribution in [0, 0.1) is 6.92 Å². The molecule has 6 nitrogen and oxygen atoms in total. The van der Waals surface area contributed by atoms with Crippen LogP contribution in [0.3, 0.4) is 0 Å². The second-order valence-corrected chi connectivity index (χ2v) is 16.4. The fourth-order valence-corrected chi connectivity index (χ4v) is 7.63. The Labute approximate surface area is 314 Å². The van der Waals surface area contributed by atoms with Crippen LogP contribution in [0.2, 0.25) is 0 Å². The second kappa shape index (κ2) is 12.1. The molecular weight excluding hydrogens is 665 g/mol. The number of aryl methyl sites for hydroxylation is 1. The summed E-state index contributed by atoms with van der Waals surface area (Å²) in [6.45, 7) is 15.6. The Hall–Kier alpha value is -6.27. The van der Waals surface area contributed by atoms with Crippen molar-refractivity contribution in [2.45, 2.75) is 59.3 Å². The number of pyridine rings is 2. The van der Waals surface area contributed by atoms with E-state index in [2.05, 4.69) is 120 Å². The average Bonchev–Trinajstić information content (AvgIpc) is 3.73. The quantitative estimate of drug-likeness (QED) is 0.197. The number of benzene rings is 5. The molecule has 0 aliphatic carbocycles. The summed E-state index contributed by atoms with van der Waals surface area (Å²) in [5, 5.41) is 14.5. The highest BCUT2D eigenvalue weighted by atomic mass is 16.3. The van der Waals surface area contributed by atoms with Crippen LogP contribution in [0.25, 0.3) is 83.3 Å². The first-order valence-electron chi connectivity index (χ1n) is 18.5. The maximum atomic E-state index is 11.5. The molecule has 4 aromatic heterocycles. The summed E-state index contributed by atoms with van der Waals surface area (Å²) in [4.78, 5) is 15.2. The number of nitrogens with zero attached hydrogens (tertiary/aromatic N) is 4. The van der Waals surface area contributed by atoms with E-state index in [-0.39, 0.29) is 16.6 Å². The molecule has 0 radical (unpaired) electrons. The number of hydrogen-bond acceptors (Lipinski definition) is 5. The predicted octanol–water partition coefficient (Wildman–Crippen LogP) is 12.5. The Morgan fingerprint density at radius 1 is 0.630 bits per heavy atom. The minimum absolute atomic E-state index is 0.00331. The number of hydrogen-bond donors (Lipinski definition) is 1. The summed E-state index contributed by atoms with van der Waals surface area (Å²) in [7, 11) is 0. The maximum absolute atomic E-state index is 11.5. The zero-order valence-electron chi connectivity index (χ0n) is 31.7. The van der Waals surface area contributed by atoms with Crippen LogP contribution < -0.4 is 0 Å². The van der Waals surface area contributed by atoms with Crippen molar-refractivity contribution in [2.24, 2.45) is 0 Å². The summed E-state index contributed by atoms with van der Waals surface area (Å²) in [6, 6.07) is 37.5. The van der Waals surface area contributed by atoms with Gasteiger partial charge in [-0.3, -0.25) is 14.5 Å². The Morgan fingerprint density at radius 2 is 1.37 bits per heavy atom. The van der Waals surface area contributed by atoms with Gasteiger partial charge < -0.3 is 9.52 Å². The van der Waals surface area contributed by atoms with Crippen molar-refractivity contribution >= 4 is 43.9 Å². The monoisotopic (exact) mass is 706 g/mol. The summed E-state index contributed by atoms with van der Waals surface area (Å²) in [6.07, 6.45) is 3.69. The highest BCUT2D eigenvalue weighted by molar-refractivity contribution is 6.12. The number of phenolic OH excluding ortho intramolecular Hbond substituents is 1. The molecule has 0 fully saturated rings. The standard InChI is InChI=1S/C48H42N4O2/c1-28-21-23-49-42-36(28)26-32(48(5,6)7)27-37(42)29-11-10-12-30(25-29)46-51-43-38(52(46)33-17-15-31(16-18-33)47(2,3)4)22-24-50-44(43)41-39(53)20-19-35-34-13-8-9-14-40(34)54-45(35)41/h8-27,53H,1-7H3. The van der Waals surface area contributed by atoms with Crippen LogP contribution >= 0.6 is 0 Å². The number of imidazole rings is 1. The van der Waals surface area contributed by atoms with Gasteiger partial charge in [0.15, 0.2) is 0 Å². The number of aromatic nitrogens is 4. The second-order valence-electron chi connectivity index (χ2n) is 16.4. The zero-order chi connectivity index (χ0) is 37.5. The molecule has 4 heterocycles. The van der Waals surface area contributed by atoms with E-state index in [1.54, 1.807) is 12.3 Å². The molecule has 9 rings (SSSR count). The Morgan fingerprint density at radius 3 is 2.15 bits per heavy atom. The fourth-order valence-electron chi connectivity index (χ4n) is 7.63. The van der Waals surface area contributed by atoms with Gasteiger partial charge in [0.1, 0.15) is 34.0 Å². The minimum Gasteiger partial charge on any atom is -0.507 e. The predicted molar refractivity (Wildman–Crippen MR) is 222 cm³/mol. The van der Waals surface area contributed by atoms with Gasteiger partial charge in [0.25, 0.3) is 0 Å². The lowest BCUT2D eigenvalue weighted by molar-refractivity contribution is 0.477. The molecule has 0 aliphatic heterocycles. The Kier molecular flexibility index (Phi) is 7.54. The molecule has 0 unspecified atom stereocenters. The average molecular weight is 707 g/mol. The van der Waals surface area contributed by atoms with Crippen LogP contribution in [0.4, 0.5) is 0 Å². The number of aromatic hydroxyl groups is 1. The SMILES string of the molecule is Cc1ccnc2c(-c3cccc(-c4nc5c(-c6c(O)ccc7c6oc6ccccc67)nccc5n4-c4ccc(C(C)(C)C)cc4)c3)cc(C(C)(C)C)cc12. The van der Waals surface area contributed by atoms with Crippen molar-refractivity contribution in [2.75, 3.05) is 0 Å². The van der Waals surface area contributed by atoms with E-state index in [0.29, 0.717) is 22.4 Å². The molecule has 54 heavy (non-hydrogen) atoms. The van der Waals surface area contributed by atoms with Crippen LogP contribution in [-0.4, -0.2) is 24.6 Å². The van der Waals surface area contributed by atoms with Gasteiger partial charge in [0.05, 0.1) is 16.6 Å². The molecule has 266 valence electrons. The summed E-state index contributed by atoms with van der Waals surface area (Å²) >= 11 is 0. The van der Waals surface area contributed by atoms with Crippen LogP contribution in [0.15, 0.2) is 126 Å². The summed E-state index contributed by atoms with van der Waals surface area (Å²) in [5.41, 5.74) is 12.7. The van der Waals surface area contributed by atoms with E-state index < -0.39 is 0 Å². The van der Waals surface area contributed by atoms with Crippen LogP contribution in [-0.2, 0) is 10.8 Å². The Balaban J connectivity index is 1.31. The van der Waals surface area contributed by atoms with Crippen molar-refractivity contribution in [3.63, 3.8) is 0 Å². The highest BCUT2D eigenvalue weighted by Gasteiger charge is 2.25. The minimum atomic E-state index is -0.0479. The van der Waals surface area contributed by atoms with Gasteiger partial charge in [-0.2, -0.15) is 0 Å². The Bertz CT molecular complexity index is 2920. The third kappa shape index (κ3) is 5.44. The van der Waals surface area contributed by atoms with E-state index in [1.807, 2.05) is 42.6 Å². The fraction of sp³-hybridized carbons (Fsp3) is 0.188. The van der Waals surface area contributed by atoms with Gasteiger partial charge in [0.2, 0.25) is 0 Å². The van der Waals surface area contributed by atoms with Crippen LogP contribution in [0.1, 0.15) is 58.2 Å². The molecule has 0 bridgehead atoms. The zero-order valence-corrected chi connectivity index (χ0v) is 31.7. The lowest BCUT2D eigenvalue weighted by Gasteiger charge is -2.22. The van der Waals surface area contributed by atoms with Crippen molar-refractivity contribution in [3.05, 3.63) is 138 Å². The maximum Gasteiger partial charge on any atom is 0.148 e. The summed E-state index contributed by atoms with van der Waals surface area (Å²) < 4.78 is 8.62. The molecular formula is C48H42N4O2. The number of para-hydroxylation sites is 1. The van der Waals surface area contributed by atoms with E-state index in [9.17, 15) is 5.11 Å². The van der Waals surface area contributed by atoms with Gasteiger partial charge >= 0.3 is 0 Å². The first kappa shape index (κ1) is 33.6. The number of phenols is 1. The van der Waals surface area contributed by atoms with Crippen molar-refractivity contribution in [3.8, 4) is 45.2 Å². The van der Waals surface area contributed by atoms with E-state index >= 15 is 0 Å². The van der Waals surface area contributed by atoms with Crippen LogP contribution in [0.5, 0.6) is 5.75 Å². The number of fused-ring (bicyclic) bond motifs is 5. The molecule has 0 spiro atoms. The van der Waals surface area contributed by atoms with Gasteiger partial charge in [-0.15, -0.1) is 0 Å². The molecule has 0 amide bonds. The number of rotatable bonds is 4. The molecule has 0 atom stereocenters. The third-order valence-electron chi connectivity index (χ3n) is 10.7. The van der Waals surface area contributed by atoms with Gasteiger partial charge in [0, 0.05) is 45.4 Å². The molecule has 0 aliphatic rings. The van der Waals surface area contributed by atoms with Gasteiger partial charge in [-0.1, -0.05) is 90.1 Å². The largest absolute Gasteiger partial charge is 0.507 e. The molecule has 0 saturated carbocycles. The normalized spacial score (nSPS) is 12.4. The number of furan rings is 1. The first-order chi connectivity index (χ1) is 25.9. The first-order valence-corrected chi connectivity index (χ1v) is 18.5.